The van der Waals surface area contributed by atoms with Crippen LogP contribution in [0, 0.1) is 6.92 Å². The first-order chi connectivity index (χ1) is 14.1. The molecule has 152 valence electrons. The van der Waals surface area contributed by atoms with Crippen molar-refractivity contribution in [2.24, 2.45) is 0 Å². The number of rotatable bonds is 3. The highest BCUT2D eigenvalue weighted by Gasteiger charge is 2.35. The van der Waals surface area contributed by atoms with Crippen molar-refractivity contribution in [3.05, 3.63) is 71.4 Å². The number of carbonyl (C=O) groups is 1. The van der Waals surface area contributed by atoms with Gasteiger partial charge >= 0.3 is 12.1 Å². The van der Waals surface area contributed by atoms with E-state index in [1.54, 1.807) is 0 Å². The van der Waals surface area contributed by atoms with Gasteiger partial charge in [0, 0.05) is 5.56 Å². The predicted octanol–water partition coefficient (Wildman–Crippen LogP) is 4.82. The SMILES string of the molecule is Cc1nn(-c2ccc(C(=O)O)cc2)c2nc(-c3ccc(O)cc3)cc(C(F)(F)F)c12. The fourth-order valence-corrected chi connectivity index (χ4v) is 3.22. The first kappa shape index (κ1) is 19.4. The molecule has 0 saturated heterocycles. The molecule has 2 aromatic carbocycles. The number of carboxylic acid groups (broad SMARTS) is 1. The van der Waals surface area contributed by atoms with E-state index in [1.807, 2.05) is 0 Å². The number of hydrogen-bond acceptors (Lipinski definition) is 4. The largest absolute Gasteiger partial charge is 0.508 e. The van der Waals surface area contributed by atoms with Crippen LogP contribution in [-0.4, -0.2) is 30.9 Å². The van der Waals surface area contributed by atoms with Crippen LogP contribution in [0.5, 0.6) is 5.75 Å². The Labute approximate surface area is 167 Å². The molecule has 2 aromatic heterocycles. The zero-order valence-corrected chi connectivity index (χ0v) is 15.5. The number of aromatic carboxylic acids is 1. The molecule has 0 unspecified atom stereocenters. The Morgan fingerprint density at radius 1 is 1.03 bits per heavy atom. The highest BCUT2D eigenvalue weighted by molar-refractivity contribution is 5.89. The standard InChI is InChI=1S/C21H14F3N3O3/c1-11-18-16(21(22,23)24)10-17(12-4-8-15(28)9-5-12)25-19(18)27(26-11)14-6-2-13(3-7-14)20(29)30/h2-10,28H,1H3,(H,29,30). The maximum Gasteiger partial charge on any atom is 0.417 e. The third-order valence-electron chi connectivity index (χ3n) is 4.64. The molecule has 0 aliphatic carbocycles. The van der Waals surface area contributed by atoms with Crippen LogP contribution >= 0.6 is 0 Å². The van der Waals surface area contributed by atoms with Gasteiger partial charge in [-0.3, -0.25) is 0 Å². The molecule has 4 aromatic rings. The van der Waals surface area contributed by atoms with Gasteiger partial charge in [0.05, 0.1) is 33.6 Å². The summed E-state index contributed by atoms with van der Waals surface area (Å²) in [6.45, 7) is 1.46. The number of benzene rings is 2. The van der Waals surface area contributed by atoms with Crippen LogP contribution in [0.2, 0.25) is 0 Å². The molecule has 2 N–H and O–H groups in total. The summed E-state index contributed by atoms with van der Waals surface area (Å²) in [4.78, 5) is 15.5. The lowest BCUT2D eigenvalue weighted by atomic mass is 10.0. The van der Waals surface area contributed by atoms with Crippen LogP contribution in [0.25, 0.3) is 28.0 Å². The second-order valence-corrected chi connectivity index (χ2v) is 6.65. The molecule has 30 heavy (non-hydrogen) atoms. The van der Waals surface area contributed by atoms with Gasteiger partial charge in [-0.1, -0.05) is 0 Å². The number of halogens is 3. The normalized spacial score (nSPS) is 11.7. The highest BCUT2D eigenvalue weighted by Crippen LogP contribution is 2.38. The Balaban J connectivity index is 2.00. The van der Waals surface area contributed by atoms with Gasteiger partial charge < -0.3 is 10.2 Å². The average Bonchev–Trinajstić information content (AvgIpc) is 3.04. The lowest BCUT2D eigenvalue weighted by Gasteiger charge is -2.12. The van der Waals surface area contributed by atoms with Crippen molar-refractivity contribution in [1.29, 1.82) is 0 Å². The van der Waals surface area contributed by atoms with E-state index in [0.717, 1.165) is 6.07 Å². The highest BCUT2D eigenvalue weighted by atomic mass is 19.4. The van der Waals surface area contributed by atoms with E-state index in [2.05, 4.69) is 10.1 Å². The summed E-state index contributed by atoms with van der Waals surface area (Å²) in [5, 5.41) is 22.6. The lowest BCUT2D eigenvalue weighted by molar-refractivity contribution is -0.136. The Hall–Kier alpha value is -3.88. The van der Waals surface area contributed by atoms with Crippen molar-refractivity contribution < 1.29 is 28.2 Å². The first-order valence-electron chi connectivity index (χ1n) is 8.76. The number of carboxylic acids is 1. The van der Waals surface area contributed by atoms with E-state index in [0.29, 0.717) is 11.3 Å². The Morgan fingerprint density at radius 2 is 1.67 bits per heavy atom. The number of pyridine rings is 1. The summed E-state index contributed by atoms with van der Waals surface area (Å²) in [5.41, 5.74) is 0.145. The Kier molecular flexibility index (Phi) is 4.45. The zero-order valence-electron chi connectivity index (χ0n) is 15.5. The summed E-state index contributed by atoms with van der Waals surface area (Å²) in [5.74, 6) is -1.13. The molecule has 2 heterocycles. The number of aryl methyl sites for hydroxylation is 1. The number of aromatic hydroxyl groups is 1. The van der Waals surface area contributed by atoms with Gasteiger partial charge in [-0.05, 0) is 61.5 Å². The third-order valence-corrected chi connectivity index (χ3v) is 4.64. The van der Waals surface area contributed by atoms with Crippen LogP contribution < -0.4 is 0 Å². The van der Waals surface area contributed by atoms with E-state index in [1.165, 1.54) is 60.1 Å². The molecule has 9 heteroatoms. The first-order valence-corrected chi connectivity index (χ1v) is 8.76. The fraction of sp³-hybridized carbons (Fsp3) is 0.0952. The molecule has 0 atom stereocenters. The average molecular weight is 413 g/mol. The number of fused-ring (bicyclic) bond motifs is 1. The van der Waals surface area contributed by atoms with Crippen LogP contribution in [0.3, 0.4) is 0 Å². The molecule has 0 saturated carbocycles. The van der Waals surface area contributed by atoms with Crippen molar-refractivity contribution in [1.82, 2.24) is 14.8 Å². The van der Waals surface area contributed by atoms with E-state index in [9.17, 15) is 23.1 Å². The van der Waals surface area contributed by atoms with Gasteiger partial charge in [0.25, 0.3) is 0 Å². The number of phenols is 1. The summed E-state index contributed by atoms with van der Waals surface area (Å²) in [7, 11) is 0. The second-order valence-electron chi connectivity index (χ2n) is 6.65. The van der Waals surface area contributed by atoms with Crippen molar-refractivity contribution >= 4 is 17.0 Å². The Bertz CT molecular complexity index is 1260. The van der Waals surface area contributed by atoms with E-state index >= 15 is 0 Å². The number of phenolic OH excluding ortho intramolecular Hbond substituents is 1. The molecule has 0 aliphatic heterocycles. The number of aromatic nitrogens is 3. The smallest absolute Gasteiger partial charge is 0.417 e. The van der Waals surface area contributed by atoms with Crippen molar-refractivity contribution in [2.75, 3.05) is 0 Å². The zero-order chi connectivity index (χ0) is 21.6. The van der Waals surface area contributed by atoms with Gasteiger partial charge in [0.15, 0.2) is 5.65 Å². The molecular weight excluding hydrogens is 399 g/mol. The molecular formula is C21H14F3N3O3. The monoisotopic (exact) mass is 413 g/mol. The molecule has 0 amide bonds. The molecule has 0 bridgehead atoms. The van der Waals surface area contributed by atoms with E-state index in [4.69, 9.17) is 5.11 Å². The van der Waals surface area contributed by atoms with Gasteiger partial charge in [-0.25, -0.2) is 14.5 Å². The van der Waals surface area contributed by atoms with Gasteiger partial charge in [0.1, 0.15) is 5.75 Å². The van der Waals surface area contributed by atoms with Gasteiger partial charge in [-0.15, -0.1) is 0 Å². The molecule has 4 rings (SSSR count). The minimum atomic E-state index is -4.64. The van der Waals surface area contributed by atoms with Gasteiger partial charge in [-0.2, -0.15) is 18.3 Å². The number of nitrogens with zero attached hydrogens (tertiary/aromatic N) is 3. The number of hydrogen-bond donors (Lipinski definition) is 2. The van der Waals surface area contributed by atoms with Crippen molar-refractivity contribution in [3.8, 4) is 22.7 Å². The van der Waals surface area contributed by atoms with Crippen LogP contribution in [0.1, 0.15) is 21.6 Å². The topological polar surface area (TPSA) is 88.2 Å². The molecule has 6 nitrogen and oxygen atoms in total. The predicted molar refractivity (Wildman–Crippen MR) is 103 cm³/mol. The fourth-order valence-electron chi connectivity index (χ4n) is 3.22. The maximum absolute atomic E-state index is 13.8. The maximum atomic E-state index is 13.8. The van der Waals surface area contributed by atoms with Crippen LogP contribution in [0.15, 0.2) is 54.6 Å². The Morgan fingerprint density at radius 3 is 2.23 bits per heavy atom. The summed E-state index contributed by atoms with van der Waals surface area (Å²) < 4.78 is 42.8. The summed E-state index contributed by atoms with van der Waals surface area (Å²) in [6.07, 6.45) is -4.64. The van der Waals surface area contributed by atoms with Crippen LogP contribution in [-0.2, 0) is 6.18 Å². The van der Waals surface area contributed by atoms with Crippen molar-refractivity contribution in [2.45, 2.75) is 13.1 Å². The van der Waals surface area contributed by atoms with E-state index in [-0.39, 0.29) is 33.7 Å². The summed E-state index contributed by atoms with van der Waals surface area (Å²) >= 11 is 0. The summed E-state index contributed by atoms with van der Waals surface area (Å²) in [6, 6.07) is 12.2. The lowest BCUT2D eigenvalue weighted by Crippen LogP contribution is -2.08. The van der Waals surface area contributed by atoms with Gasteiger partial charge in [0.2, 0.25) is 0 Å². The molecule has 0 spiro atoms. The quantitative estimate of drug-likeness (QED) is 0.503. The minimum absolute atomic E-state index is 0.00604. The van der Waals surface area contributed by atoms with E-state index < -0.39 is 17.7 Å². The van der Waals surface area contributed by atoms with Crippen molar-refractivity contribution in [3.63, 3.8) is 0 Å². The third kappa shape index (κ3) is 3.34. The molecule has 0 aliphatic rings. The minimum Gasteiger partial charge on any atom is -0.508 e. The van der Waals surface area contributed by atoms with Crippen LogP contribution in [0.4, 0.5) is 13.2 Å². The molecule has 0 radical (unpaired) electrons. The second kappa shape index (κ2) is 6.87. The number of alkyl halides is 3. The molecule has 0 fully saturated rings.